The molecule has 2 aromatic carbocycles. The molecule has 0 radical (unpaired) electrons. The Morgan fingerprint density at radius 2 is 1.86 bits per heavy atom. The number of hydrogen-bond acceptors (Lipinski definition) is 2. The number of halogens is 3. The first-order valence-electron chi connectivity index (χ1n) is 9.00. The summed E-state index contributed by atoms with van der Waals surface area (Å²) in [5.74, 6) is -0.430. The van der Waals surface area contributed by atoms with Gasteiger partial charge < -0.3 is 15.2 Å². The monoisotopic (exact) mass is 403 g/mol. The summed E-state index contributed by atoms with van der Waals surface area (Å²) >= 11 is 0. The molecule has 0 bridgehead atoms. The second-order valence-corrected chi connectivity index (χ2v) is 6.73. The van der Waals surface area contributed by atoms with Crippen LogP contribution < -0.4 is 10.9 Å². The number of nitrogens with zero attached hydrogens (tertiary/aromatic N) is 1. The number of aryl methyl sites for hydroxylation is 1. The van der Waals surface area contributed by atoms with Crippen LogP contribution in [0.25, 0.3) is 10.8 Å². The molecule has 0 aliphatic carbocycles. The number of aromatic amines is 1. The van der Waals surface area contributed by atoms with E-state index in [1.165, 1.54) is 31.3 Å². The van der Waals surface area contributed by atoms with E-state index < -0.39 is 30.9 Å². The average molecular weight is 403 g/mol. The lowest BCUT2D eigenvalue weighted by atomic mass is 10.0. The maximum atomic E-state index is 13.4. The molecule has 5 nitrogen and oxygen atoms in total. The van der Waals surface area contributed by atoms with Crippen molar-refractivity contribution < 1.29 is 18.0 Å². The van der Waals surface area contributed by atoms with Crippen LogP contribution in [0.1, 0.15) is 24.1 Å². The highest BCUT2D eigenvalue weighted by Gasteiger charge is 2.26. The van der Waals surface area contributed by atoms with E-state index in [1.54, 1.807) is 31.2 Å². The van der Waals surface area contributed by atoms with Gasteiger partial charge in [-0.3, -0.25) is 4.79 Å². The summed E-state index contributed by atoms with van der Waals surface area (Å²) < 4.78 is 39.9. The molecule has 29 heavy (non-hydrogen) atoms. The fourth-order valence-corrected chi connectivity index (χ4v) is 3.23. The van der Waals surface area contributed by atoms with Gasteiger partial charge in [0.2, 0.25) is 0 Å². The molecule has 1 atom stereocenters. The van der Waals surface area contributed by atoms with Crippen molar-refractivity contribution in [3.8, 4) is 0 Å². The second kappa shape index (κ2) is 8.38. The van der Waals surface area contributed by atoms with E-state index >= 15 is 0 Å². The predicted molar refractivity (Wildman–Crippen MR) is 106 cm³/mol. The van der Waals surface area contributed by atoms with Gasteiger partial charge in [0.05, 0.1) is 12.6 Å². The number of fused-ring (bicyclic) bond motifs is 1. The fourth-order valence-electron chi connectivity index (χ4n) is 3.23. The zero-order chi connectivity index (χ0) is 21.1. The third kappa shape index (κ3) is 4.42. The van der Waals surface area contributed by atoms with Crippen molar-refractivity contribution in [3.05, 3.63) is 76.0 Å². The summed E-state index contributed by atoms with van der Waals surface area (Å²) in [6, 6.07) is 9.24. The number of aromatic nitrogens is 1. The topological polar surface area (TPSA) is 65.2 Å². The van der Waals surface area contributed by atoms with Gasteiger partial charge in [-0.15, -0.1) is 0 Å². The molecule has 0 spiro atoms. The van der Waals surface area contributed by atoms with Crippen LogP contribution in [-0.4, -0.2) is 28.9 Å². The maximum absolute atomic E-state index is 13.4. The summed E-state index contributed by atoms with van der Waals surface area (Å²) in [5, 5.41) is 3.52. The van der Waals surface area contributed by atoms with Crippen LogP contribution in [0, 0.1) is 12.7 Å². The maximum Gasteiger partial charge on any atom is 0.322 e. The normalized spacial score (nSPS) is 12.2. The molecule has 3 rings (SSSR count). The fraction of sp³-hybridized carbons (Fsp3) is 0.238. The number of amides is 2. The molecule has 0 aliphatic heterocycles. The van der Waals surface area contributed by atoms with Crippen LogP contribution in [0.5, 0.6) is 0 Å². The summed E-state index contributed by atoms with van der Waals surface area (Å²) in [5.41, 5.74) is 0.851. The lowest BCUT2D eigenvalue weighted by molar-refractivity contribution is 0.0885. The highest BCUT2D eigenvalue weighted by molar-refractivity contribution is 5.91. The third-order valence-electron chi connectivity index (χ3n) is 4.76. The Morgan fingerprint density at radius 3 is 2.52 bits per heavy atom. The minimum atomic E-state index is -2.76. The molecule has 8 heteroatoms. The van der Waals surface area contributed by atoms with Gasteiger partial charge in [-0.2, -0.15) is 0 Å². The highest BCUT2D eigenvalue weighted by Crippen LogP contribution is 2.27. The van der Waals surface area contributed by atoms with E-state index in [2.05, 4.69) is 10.3 Å². The molecular formula is C21H20F3N3O2. The van der Waals surface area contributed by atoms with Crippen LogP contribution in [-0.2, 0) is 0 Å². The molecule has 1 aromatic heterocycles. The van der Waals surface area contributed by atoms with Gasteiger partial charge >= 0.3 is 6.03 Å². The van der Waals surface area contributed by atoms with Crippen LogP contribution in [0.4, 0.5) is 23.7 Å². The van der Waals surface area contributed by atoms with Crippen molar-refractivity contribution in [3.63, 3.8) is 0 Å². The smallest absolute Gasteiger partial charge is 0.322 e. The first-order valence-corrected chi connectivity index (χ1v) is 9.00. The SMILES string of the molecule is Cc1cc(NC(=O)N(CC(F)F)[C@H](C)c2c[nH]c(=O)c3ccccc23)ccc1F. The van der Waals surface area contributed by atoms with Crippen molar-refractivity contribution in [2.24, 2.45) is 0 Å². The molecule has 3 aromatic rings. The van der Waals surface area contributed by atoms with Gasteiger partial charge in [0, 0.05) is 17.3 Å². The summed E-state index contributed by atoms with van der Waals surface area (Å²) in [6.45, 7) is 2.34. The van der Waals surface area contributed by atoms with Gasteiger partial charge in [-0.25, -0.2) is 18.0 Å². The Morgan fingerprint density at radius 1 is 1.17 bits per heavy atom. The number of alkyl halides is 2. The van der Waals surface area contributed by atoms with E-state index in [-0.39, 0.29) is 5.56 Å². The summed E-state index contributed by atoms with van der Waals surface area (Å²) in [7, 11) is 0. The molecule has 2 N–H and O–H groups in total. The van der Waals surface area contributed by atoms with Crippen molar-refractivity contribution in [1.29, 1.82) is 0 Å². The molecule has 0 fully saturated rings. The highest BCUT2D eigenvalue weighted by atomic mass is 19.3. The van der Waals surface area contributed by atoms with Gasteiger partial charge in [-0.1, -0.05) is 18.2 Å². The van der Waals surface area contributed by atoms with Crippen LogP contribution >= 0.6 is 0 Å². The van der Waals surface area contributed by atoms with Crippen LogP contribution in [0.15, 0.2) is 53.5 Å². The number of pyridine rings is 1. The largest absolute Gasteiger partial charge is 0.328 e. The van der Waals surface area contributed by atoms with Crippen molar-refractivity contribution in [2.45, 2.75) is 26.3 Å². The van der Waals surface area contributed by atoms with E-state index in [4.69, 9.17) is 0 Å². The Labute approximate surface area is 165 Å². The Kier molecular flexibility index (Phi) is 5.91. The van der Waals surface area contributed by atoms with E-state index in [0.717, 1.165) is 4.90 Å². The molecular weight excluding hydrogens is 383 g/mol. The number of benzene rings is 2. The number of H-pyrrole nitrogens is 1. The van der Waals surface area contributed by atoms with E-state index in [9.17, 15) is 22.8 Å². The number of anilines is 1. The van der Waals surface area contributed by atoms with Gasteiger partial charge in [0.25, 0.3) is 12.0 Å². The minimum Gasteiger partial charge on any atom is -0.328 e. The Bertz CT molecular complexity index is 1100. The number of rotatable bonds is 5. The minimum absolute atomic E-state index is 0.298. The Balaban J connectivity index is 1.96. The quantitative estimate of drug-likeness (QED) is 0.641. The molecule has 0 unspecified atom stereocenters. The molecule has 0 aliphatic rings. The molecule has 0 saturated carbocycles. The van der Waals surface area contributed by atoms with Crippen molar-refractivity contribution in [1.82, 2.24) is 9.88 Å². The van der Waals surface area contributed by atoms with Gasteiger partial charge in [0.15, 0.2) is 0 Å². The predicted octanol–water partition coefficient (Wildman–Crippen LogP) is 4.84. The Hall–Kier alpha value is -3.29. The number of carbonyl (C=O) groups is 1. The zero-order valence-electron chi connectivity index (χ0n) is 15.9. The first-order chi connectivity index (χ1) is 13.8. The molecule has 1 heterocycles. The van der Waals surface area contributed by atoms with Gasteiger partial charge in [-0.05, 0) is 54.6 Å². The molecule has 0 saturated heterocycles. The van der Waals surface area contributed by atoms with Crippen LogP contribution in [0.3, 0.4) is 0 Å². The second-order valence-electron chi connectivity index (χ2n) is 6.73. The summed E-state index contributed by atoms with van der Waals surface area (Å²) in [6.07, 6.45) is -1.32. The van der Waals surface area contributed by atoms with Crippen LogP contribution in [0.2, 0.25) is 0 Å². The number of urea groups is 1. The molecule has 152 valence electrons. The van der Waals surface area contributed by atoms with E-state index in [1.807, 2.05) is 0 Å². The lowest BCUT2D eigenvalue weighted by Crippen LogP contribution is -2.40. The third-order valence-corrected chi connectivity index (χ3v) is 4.76. The number of carbonyl (C=O) groups excluding carboxylic acids is 1. The van der Waals surface area contributed by atoms with Crippen molar-refractivity contribution in [2.75, 3.05) is 11.9 Å². The summed E-state index contributed by atoms with van der Waals surface area (Å²) in [4.78, 5) is 28.4. The number of nitrogens with one attached hydrogen (secondary N) is 2. The average Bonchev–Trinajstić information content (AvgIpc) is 2.69. The van der Waals surface area contributed by atoms with Crippen molar-refractivity contribution >= 4 is 22.5 Å². The first kappa shape index (κ1) is 20.4. The lowest BCUT2D eigenvalue weighted by Gasteiger charge is -2.30. The number of hydrogen-bond donors (Lipinski definition) is 2. The van der Waals surface area contributed by atoms with E-state index in [0.29, 0.717) is 27.6 Å². The standard InChI is InChI=1S/C21H20F3N3O2/c1-12-9-14(7-8-18(12)22)26-21(29)27(11-19(23)24)13(2)17-10-25-20(28)16-6-4-3-5-15(16)17/h3-10,13,19H,11H2,1-2H3,(H,25,28)(H,26,29)/t13-/m1/s1. The van der Waals surface area contributed by atoms with Gasteiger partial charge in [0.1, 0.15) is 5.82 Å². The zero-order valence-corrected chi connectivity index (χ0v) is 15.9. The molecule has 2 amide bonds.